The van der Waals surface area contributed by atoms with Gasteiger partial charge in [0.2, 0.25) is 0 Å². The van der Waals surface area contributed by atoms with Gasteiger partial charge in [0, 0.05) is 12.1 Å². The molecule has 0 atom stereocenters. The van der Waals surface area contributed by atoms with Crippen molar-refractivity contribution in [3.05, 3.63) is 41.7 Å². The van der Waals surface area contributed by atoms with Crippen LogP contribution in [0, 0.1) is 6.92 Å². The van der Waals surface area contributed by atoms with Crippen molar-refractivity contribution in [1.29, 1.82) is 0 Å². The van der Waals surface area contributed by atoms with Gasteiger partial charge in [-0.05, 0) is 31.9 Å². The van der Waals surface area contributed by atoms with Crippen LogP contribution in [0.5, 0.6) is 0 Å². The number of amides is 1. The van der Waals surface area contributed by atoms with E-state index in [1.807, 2.05) is 12.1 Å². The van der Waals surface area contributed by atoms with Crippen LogP contribution in [0.15, 0.2) is 28.9 Å². The Kier molecular flexibility index (Phi) is 3.37. The molecule has 20 heavy (non-hydrogen) atoms. The van der Waals surface area contributed by atoms with Gasteiger partial charge in [0.15, 0.2) is 0 Å². The molecule has 2 heterocycles. The van der Waals surface area contributed by atoms with E-state index in [9.17, 15) is 4.79 Å². The van der Waals surface area contributed by atoms with Gasteiger partial charge in [-0.15, -0.1) is 0 Å². The third kappa shape index (κ3) is 3.14. The van der Waals surface area contributed by atoms with Crippen molar-refractivity contribution in [2.45, 2.75) is 32.4 Å². The fourth-order valence-electron chi connectivity index (χ4n) is 1.85. The summed E-state index contributed by atoms with van der Waals surface area (Å²) < 4.78 is 5.24. The summed E-state index contributed by atoms with van der Waals surface area (Å²) in [4.78, 5) is 20.4. The highest BCUT2D eigenvalue weighted by atomic mass is 16.3. The summed E-state index contributed by atoms with van der Waals surface area (Å²) in [5.41, 5.74) is 0.395. The van der Waals surface area contributed by atoms with Gasteiger partial charge < -0.3 is 15.1 Å². The van der Waals surface area contributed by atoms with Gasteiger partial charge in [-0.25, -0.2) is 9.97 Å². The van der Waals surface area contributed by atoms with Crippen LogP contribution >= 0.6 is 0 Å². The molecule has 1 aliphatic rings. The van der Waals surface area contributed by atoms with Gasteiger partial charge in [0.1, 0.15) is 23.1 Å². The number of carbonyl (C=O) groups excluding carboxylic acids is 1. The molecule has 2 N–H and O–H groups in total. The first-order valence-corrected chi connectivity index (χ1v) is 6.63. The maximum Gasteiger partial charge on any atom is 0.270 e. The molecule has 104 valence electrons. The summed E-state index contributed by atoms with van der Waals surface area (Å²) in [6.07, 6.45) is 3.73. The molecular weight excluding hydrogens is 256 g/mol. The third-order valence-electron chi connectivity index (χ3n) is 3.01. The van der Waals surface area contributed by atoms with Crippen molar-refractivity contribution in [3.63, 3.8) is 0 Å². The highest BCUT2D eigenvalue weighted by molar-refractivity contribution is 5.93. The second-order valence-corrected chi connectivity index (χ2v) is 4.87. The smallest absolute Gasteiger partial charge is 0.270 e. The van der Waals surface area contributed by atoms with Crippen LogP contribution in [0.1, 0.15) is 34.9 Å². The monoisotopic (exact) mass is 272 g/mol. The minimum atomic E-state index is -0.140. The lowest BCUT2D eigenvalue weighted by Gasteiger charge is -2.07. The minimum Gasteiger partial charge on any atom is -0.467 e. The molecule has 1 fully saturated rings. The first kappa shape index (κ1) is 12.7. The summed E-state index contributed by atoms with van der Waals surface area (Å²) in [5.74, 6) is 1.86. The predicted molar refractivity (Wildman–Crippen MR) is 73.3 cm³/mol. The van der Waals surface area contributed by atoms with Crippen molar-refractivity contribution < 1.29 is 9.21 Å². The van der Waals surface area contributed by atoms with Crippen molar-refractivity contribution in [2.75, 3.05) is 5.32 Å². The average molecular weight is 272 g/mol. The maximum absolute atomic E-state index is 12.0. The van der Waals surface area contributed by atoms with Gasteiger partial charge >= 0.3 is 0 Å². The standard InChI is InChI=1S/C14H16N4O2/c1-9-16-12(14(19)18-10-4-5-10)7-13(17-9)15-8-11-3-2-6-20-11/h2-3,6-7,10H,4-5,8H2,1H3,(H,18,19)(H,15,16,17). The molecule has 0 spiro atoms. The SMILES string of the molecule is Cc1nc(NCc2ccco2)cc(C(=O)NC2CC2)n1. The molecule has 0 radical (unpaired) electrons. The molecule has 2 aromatic heterocycles. The van der Waals surface area contributed by atoms with Crippen molar-refractivity contribution in [2.24, 2.45) is 0 Å². The molecule has 6 nitrogen and oxygen atoms in total. The molecule has 0 unspecified atom stereocenters. The number of nitrogens with zero attached hydrogens (tertiary/aromatic N) is 2. The van der Waals surface area contributed by atoms with E-state index in [0.29, 0.717) is 29.9 Å². The number of rotatable bonds is 5. The summed E-state index contributed by atoms with van der Waals surface area (Å²) in [5, 5.41) is 6.05. The Hall–Kier alpha value is -2.37. The van der Waals surface area contributed by atoms with Crippen LogP contribution in [-0.2, 0) is 6.54 Å². The zero-order chi connectivity index (χ0) is 13.9. The molecule has 6 heteroatoms. The van der Waals surface area contributed by atoms with Crippen LogP contribution in [0.2, 0.25) is 0 Å². The topological polar surface area (TPSA) is 80.0 Å². The number of carbonyl (C=O) groups is 1. The molecule has 2 aromatic rings. The molecule has 1 amide bonds. The summed E-state index contributed by atoms with van der Waals surface area (Å²) in [6, 6.07) is 5.68. The normalized spacial score (nSPS) is 14.1. The minimum absolute atomic E-state index is 0.140. The molecule has 1 aliphatic carbocycles. The van der Waals surface area contributed by atoms with Gasteiger partial charge in [0.05, 0.1) is 12.8 Å². The quantitative estimate of drug-likeness (QED) is 0.868. The van der Waals surface area contributed by atoms with Gasteiger partial charge in [-0.1, -0.05) is 0 Å². The fourth-order valence-corrected chi connectivity index (χ4v) is 1.85. The van der Waals surface area contributed by atoms with Crippen LogP contribution < -0.4 is 10.6 Å². The predicted octanol–water partition coefficient (Wildman–Crippen LogP) is 1.88. The van der Waals surface area contributed by atoms with Crippen LogP contribution in [0.3, 0.4) is 0 Å². The lowest BCUT2D eigenvalue weighted by atomic mass is 10.3. The molecule has 0 aromatic carbocycles. The Morgan fingerprint density at radius 3 is 3.00 bits per heavy atom. The highest BCUT2D eigenvalue weighted by Gasteiger charge is 2.24. The molecular formula is C14H16N4O2. The Labute approximate surface area is 116 Å². The van der Waals surface area contributed by atoms with E-state index in [2.05, 4.69) is 20.6 Å². The van der Waals surface area contributed by atoms with E-state index >= 15 is 0 Å². The van der Waals surface area contributed by atoms with Gasteiger partial charge in [-0.2, -0.15) is 0 Å². The van der Waals surface area contributed by atoms with Crippen LogP contribution in [0.4, 0.5) is 5.82 Å². The van der Waals surface area contributed by atoms with E-state index in [0.717, 1.165) is 18.6 Å². The van der Waals surface area contributed by atoms with Gasteiger partial charge in [0.25, 0.3) is 5.91 Å². The Balaban J connectivity index is 1.70. The summed E-state index contributed by atoms with van der Waals surface area (Å²) in [7, 11) is 0. The van der Waals surface area contributed by atoms with E-state index in [1.165, 1.54) is 0 Å². The van der Waals surface area contributed by atoms with Crippen molar-refractivity contribution in [1.82, 2.24) is 15.3 Å². The number of furan rings is 1. The number of anilines is 1. The molecule has 0 bridgehead atoms. The van der Waals surface area contributed by atoms with Crippen molar-refractivity contribution in [3.8, 4) is 0 Å². The largest absolute Gasteiger partial charge is 0.467 e. The summed E-state index contributed by atoms with van der Waals surface area (Å²) >= 11 is 0. The zero-order valence-electron chi connectivity index (χ0n) is 11.2. The van der Waals surface area contributed by atoms with E-state index < -0.39 is 0 Å². The molecule has 1 saturated carbocycles. The fraction of sp³-hybridized carbons (Fsp3) is 0.357. The average Bonchev–Trinajstić information content (AvgIpc) is 3.08. The molecule has 0 aliphatic heterocycles. The first-order valence-electron chi connectivity index (χ1n) is 6.63. The van der Waals surface area contributed by atoms with E-state index in [-0.39, 0.29) is 5.91 Å². The lowest BCUT2D eigenvalue weighted by Crippen LogP contribution is -2.26. The lowest BCUT2D eigenvalue weighted by molar-refractivity contribution is 0.0945. The maximum atomic E-state index is 12.0. The number of hydrogen-bond donors (Lipinski definition) is 2. The van der Waals surface area contributed by atoms with Crippen LogP contribution in [-0.4, -0.2) is 21.9 Å². The van der Waals surface area contributed by atoms with E-state index in [4.69, 9.17) is 4.42 Å². The second-order valence-electron chi connectivity index (χ2n) is 4.87. The van der Waals surface area contributed by atoms with Gasteiger partial charge in [-0.3, -0.25) is 4.79 Å². The Bertz CT molecular complexity index is 606. The molecule has 3 rings (SSSR count). The number of aromatic nitrogens is 2. The number of hydrogen-bond acceptors (Lipinski definition) is 5. The summed E-state index contributed by atoms with van der Waals surface area (Å²) in [6.45, 7) is 2.29. The van der Waals surface area contributed by atoms with Crippen LogP contribution in [0.25, 0.3) is 0 Å². The highest BCUT2D eigenvalue weighted by Crippen LogP contribution is 2.19. The Morgan fingerprint density at radius 2 is 2.30 bits per heavy atom. The second kappa shape index (κ2) is 5.32. The van der Waals surface area contributed by atoms with E-state index in [1.54, 1.807) is 19.3 Å². The Morgan fingerprint density at radius 1 is 1.45 bits per heavy atom. The van der Waals surface area contributed by atoms with Crippen molar-refractivity contribution >= 4 is 11.7 Å². The zero-order valence-corrected chi connectivity index (χ0v) is 11.2. The first-order chi connectivity index (χ1) is 9.70. The molecule has 0 saturated heterocycles. The number of aryl methyl sites for hydroxylation is 1. The number of nitrogens with one attached hydrogen (secondary N) is 2. The third-order valence-corrected chi connectivity index (χ3v) is 3.01.